The second-order valence-corrected chi connectivity index (χ2v) is 24.2. The molecule has 71 heavy (non-hydrogen) atoms. The monoisotopic (exact) mass is 967 g/mol. The van der Waals surface area contributed by atoms with Crippen LogP contribution < -0.4 is 11.1 Å². The summed E-state index contributed by atoms with van der Waals surface area (Å²) in [6.07, 6.45) is 13.7. The number of nitrogens with two attached hydrogens (primary N) is 1. The first-order valence-corrected chi connectivity index (χ1v) is 26.8. The highest BCUT2D eigenvalue weighted by Crippen LogP contribution is 2.68. The Morgan fingerprint density at radius 2 is 1.11 bits per heavy atom. The van der Waals surface area contributed by atoms with E-state index < -0.39 is 5.97 Å². The molecule has 2 saturated heterocycles. The van der Waals surface area contributed by atoms with Gasteiger partial charge in [0.1, 0.15) is 11.6 Å². The quantitative estimate of drug-likeness (QED) is 0.131. The molecule has 2 aromatic heterocycles. The van der Waals surface area contributed by atoms with Gasteiger partial charge < -0.3 is 35.9 Å². The number of hydrogen-bond acceptors (Lipinski definition) is 7. The molecule has 6 N–H and O–H groups in total. The van der Waals surface area contributed by atoms with Crippen molar-refractivity contribution in [3.05, 3.63) is 82.7 Å². The van der Waals surface area contributed by atoms with Gasteiger partial charge in [-0.05, 0) is 162 Å². The molecule has 8 aliphatic rings. The number of carboxylic acids is 1. The lowest BCUT2D eigenvalue weighted by Gasteiger charge is -2.59. The van der Waals surface area contributed by atoms with E-state index in [2.05, 4.69) is 66.8 Å². The van der Waals surface area contributed by atoms with Gasteiger partial charge >= 0.3 is 5.97 Å². The summed E-state index contributed by atoms with van der Waals surface area (Å²) in [5.41, 5.74) is 14.9. The predicted octanol–water partition coefficient (Wildman–Crippen LogP) is 10.3. The van der Waals surface area contributed by atoms with E-state index in [-0.39, 0.29) is 51.2 Å². The SMILES string of the molecule is CC1=C2N(C)C(=O)CC[C@]2(C)C2CC[C@@]3(C)C(CC[C@@H]3C(=O)NCc3nc4ccccc4[nH]3)C2C1.CC1=C2N(C)C(=O)CC[C@]2(C)C2CC[C@@]3(C)C(CC[C@@H]3C(=O)O)C2C1.NCc1nc2ccccc2[nH]1. The Balaban J connectivity index is 0.000000140. The Kier molecular flexibility index (Phi) is 12.7. The van der Waals surface area contributed by atoms with E-state index >= 15 is 0 Å². The van der Waals surface area contributed by atoms with E-state index in [1.54, 1.807) is 0 Å². The number of carbonyl (C=O) groups excluding carboxylic acids is 3. The maximum Gasteiger partial charge on any atom is 0.307 e. The molecule has 13 heteroatoms. The van der Waals surface area contributed by atoms with Gasteiger partial charge in [0.15, 0.2) is 0 Å². The Morgan fingerprint density at radius 1 is 0.662 bits per heavy atom. The molecule has 2 aliphatic heterocycles. The standard InChI is InChI=1S/C29H38N4O2.C21H31NO3.C8H9N3/c1-17-15-18-19-9-10-21(27(35)30-16-24-31-22-7-5-6-8-23(22)32-24)28(19,2)13-11-20(18)29(3)14-12-25(34)33(4)26(17)29;1-12-11-13-14-5-6-16(19(24)25)20(14,2)9-7-15(13)21(3)10-8-17(23)22(4)18(12)21;9-5-8-10-6-3-1-2-4-7(6)11-8/h5-8,18-21H,9-16H2,1-4H3,(H,30,35)(H,31,32);13-16H,5-11H2,1-4H3,(H,24,25);1-4H,5,9H2,(H,10,11)/t18?,19?,20?,21-,28+,29-;13?,14?,15?,16-,20+,21-;/m11./s1. The van der Waals surface area contributed by atoms with Crippen molar-refractivity contribution in [2.24, 2.45) is 74.7 Å². The molecule has 4 heterocycles. The second-order valence-electron chi connectivity index (χ2n) is 24.2. The molecule has 6 fully saturated rings. The Labute approximate surface area is 419 Å². The minimum atomic E-state index is -0.596. The number of piperidine rings is 2. The largest absolute Gasteiger partial charge is 0.481 e. The Morgan fingerprint density at radius 3 is 1.59 bits per heavy atom. The average Bonchev–Trinajstić information content (AvgIpc) is 4.13. The summed E-state index contributed by atoms with van der Waals surface area (Å²) in [5, 5.41) is 12.9. The van der Waals surface area contributed by atoms with Crippen molar-refractivity contribution < 1.29 is 24.3 Å². The zero-order valence-electron chi connectivity index (χ0n) is 43.5. The van der Waals surface area contributed by atoms with E-state index in [1.807, 2.05) is 72.4 Å². The Hall–Kier alpha value is -5.30. The van der Waals surface area contributed by atoms with Gasteiger partial charge in [-0.2, -0.15) is 0 Å². The smallest absolute Gasteiger partial charge is 0.307 e. The first-order chi connectivity index (χ1) is 33.8. The van der Waals surface area contributed by atoms with E-state index in [1.165, 1.54) is 22.5 Å². The predicted molar refractivity (Wildman–Crippen MR) is 275 cm³/mol. The number of para-hydroxylation sites is 4. The van der Waals surface area contributed by atoms with Crippen molar-refractivity contribution in [3.8, 4) is 0 Å². The lowest BCUT2D eigenvalue weighted by molar-refractivity contribution is -0.150. The van der Waals surface area contributed by atoms with Crippen molar-refractivity contribution >= 4 is 45.8 Å². The zero-order valence-corrected chi connectivity index (χ0v) is 43.5. The molecule has 12 rings (SSSR count). The number of allylic oxidation sites excluding steroid dienone is 4. The first-order valence-electron chi connectivity index (χ1n) is 26.8. The van der Waals surface area contributed by atoms with Gasteiger partial charge in [0, 0.05) is 55.1 Å². The molecule has 4 saturated carbocycles. The van der Waals surface area contributed by atoms with Gasteiger partial charge in [-0.25, -0.2) is 9.97 Å². The molecule has 4 aromatic rings. The first kappa shape index (κ1) is 49.3. The van der Waals surface area contributed by atoms with Crippen LogP contribution in [0, 0.1) is 69.0 Å². The van der Waals surface area contributed by atoms with Gasteiger partial charge in [0.05, 0.1) is 41.1 Å². The number of carboxylic acid groups (broad SMARTS) is 1. The summed E-state index contributed by atoms with van der Waals surface area (Å²) >= 11 is 0. The summed E-state index contributed by atoms with van der Waals surface area (Å²) in [5.74, 6) is 5.11. The minimum absolute atomic E-state index is 0.0441. The molecule has 0 bridgehead atoms. The normalized spacial score (nSPS) is 36.1. The van der Waals surface area contributed by atoms with Gasteiger partial charge in [0.25, 0.3) is 0 Å². The molecule has 0 spiro atoms. The van der Waals surface area contributed by atoms with Gasteiger partial charge in [0.2, 0.25) is 17.7 Å². The number of amides is 3. The number of benzene rings is 2. The highest BCUT2D eigenvalue weighted by molar-refractivity contribution is 5.82. The number of aliphatic carboxylic acids is 1. The van der Waals surface area contributed by atoms with Crippen molar-refractivity contribution in [2.75, 3.05) is 14.1 Å². The van der Waals surface area contributed by atoms with Crippen molar-refractivity contribution in [3.63, 3.8) is 0 Å². The number of hydrogen-bond donors (Lipinski definition) is 5. The number of imidazole rings is 2. The van der Waals surface area contributed by atoms with Crippen LogP contribution >= 0.6 is 0 Å². The molecular weight excluding hydrogens is 889 g/mol. The maximum atomic E-state index is 13.5. The lowest BCUT2D eigenvalue weighted by atomic mass is 9.48. The summed E-state index contributed by atoms with van der Waals surface area (Å²) in [7, 11) is 3.92. The molecule has 13 nitrogen and oxygen atoms in total. The van der Waals surface area contributed by atoms with Gasteiger partial charge in [-0.15, -0.1) is 0 Å². The number of aromatic amines is 2. The molecule has 2 aromatic carbocycles. The third-order valence-electron chi connectivity index (χ3n) is 20.7. The van der Waals surface area contributed by atoms with Crippen LogP contribution in [0.1, 0.15) is 143 Å². The number of rotatable bonds is 5. The van der Waals surface area contributed by atoms with Crippen molar-refractivity contribution in [1.82, 2.24) is 35.1 Å². The Bertz CT molecular complexity index is 2760. The third kappa shape index (κ3) is 8.05. The minimum Gasteiger partial charge on any atom is -0.481 e. The highest BCUT2D eigenvalue weighted by Gasteiger charge is 2.63. The fourth-order valence-corrected chi connectivity index (χ4v) is 17.5. The number of aromatic nitrogens is 4. The topological polar surface area (TPSA) is 190 Å². The van der Waals surface area contributed by atoms with Crippen LogP contribution in [0.5, 0.6) is 0 Å². The van der Waals surface area contributed by atoms with Crippen LogP contribution in [0.2, 0.25) is 0 Å². The number of fused-ring (bicyclic) bond motifs is 12. The molecular formula is C58H78N8O5. The van der Waals surface area contributed by atoms with E-state index in [4.69, 9.17) is 5.73 Å². The summed E-state index contributed by atoms with van der Waals surface area (Å²) in [4.78, 5) is 69.3. The van der Waals surface area contributed by atoms with E-state index in [0.717, 1.165) is 111 Å². The highest BCUT2D eigenvalue weighted by atomic mass is 16.4. The van der Waals surface area contributed by atoms with Gasteiger partial charge in [-0.1, -0.05) is 63.1 Å². The molecule has 6 aliphatic carbocycles. The summed E-state index contributed by atoms with van der Waals surface area (Å²) < 4.78 is 0. The fraction of sp³-hybridized carbons (Fsp3) is 0.621. The lowest BCUT2D eigenvalue weighted by Crippen LogP contribution is -2.55. The van der Waals surface area contributed by atoms with E-state index in [9.17, 15) is 24.3 Å². The van der Waals surface area contributed by atoms with Crippen LogP contribution in [-0.4, -0.2) is 72.6 Å². The number of nitrogens with one attached hydrogen (secondary N) is 3. The molecule has 0 radical (unpaired) electrons. The van der Waals surface area contributed by atoms with Crippen molar-refractivity contribution in [1.29, 1.82) is 0 Å². The van der Waals surface area contributed by atoms with Crippen LogP contribution in [0.25, 0.3) is 22.1 Å². The van der Waals surface area contributed by atoms with Gasteiger partial charge in [-0.3, -0.25) is 19.2 Å². The van der Waals surface area contributed by atoms with Crippen molar-refractivity contribution in [2.45, 2.75) is 145 Å². The zero-order chi connectivity index (χ0) is 50.4. The van der Waals surface area contributed by atoms with Crippen LogP contribution in [0.15, 0.2) is 71.1 Å². The molecule has 3 amide bonds. The number of likely N-dealkylation sites (tertiary alicyclic amines) is 2. The van der Waals surface area contributed by atoms with Crippen LogP contribution in [-0.2, 0) is 32.3 Å². The maximum absolute atomic E-state index is 13.5. The summed E-state index contributed by atoms with van der Waals surface area (Å²) in [6.45, 7) is 14.8. The number of carbonyl (C=O) groups is 4. The molecule has 6 unspecified atom stereocenters. The fourth-order valence-electron chi connectivity index (χ4n) is 17.5. The summed E-state index contributed by atoms with van der Waals surface area (Å²) in [6, 6.07) is 15.9. The van der Waals surface area contributed by atoms with E-state index in [0.29, 0.717) is 61.4 Å². The third-order valence-corrected chi connectivity index (χ3v) is 20.7. The average molecular weight is 967 g/mol. The second kappa shape index (κ2) is 18.3. The molecule has 380 valence electrons. The van der Waals surface area contributed by atoms with Crippen LogP contribution in [0.3, 0.4) is 0 Å². The molecule has 12 atom stereocenters. The number of nitrogens with zero attached hydrogens (tertiary/aromatic N) is 4. The number of H-pyrrole nitrogens is 2. The van der Waals surface area contributed by atoms with Crippen LogP contribution in [0.4, 0.5) is 0 Å².